The van der Waals surface area contributed by atoms with Crippen molar-refractivity contribution >= 4 is 13.4 Å². The van der Waals surface area contributed by atoms with Crippen LogP contribution in [0.3, 0.4) is 0 Å². The first-order valence-electron chi connectivity index (χ1n) is 5.74. The normalized spacial score (nSPS) is 11.8. The zero-order chi connectivity index (χ0) is 11.8. The molecule has 0 atom stereocenters. The molecule has 0 spiro atoms. The van der Waals surface area contributed by atoms with Crippen molar-refractivity contribution in [3.8, 4) is 5.69 Å². The Balaban J connectivity index is 2.61. The van der Waals surface area contributed by atoms with Gasteiger partial charge in [-0.2, -0.15) is 0 Å². The molecule has 0 unspecified atom stereocenters. The van der Waals surface area contributed by atoms with Crippen LogP contribution in [0.25, 0.3) is 5.69 Å². The summed E-state index contributed by atoms with van der Waals surface area (Å²) in [4.78, 5) is 0. The Morgan fingerprint density at radius 1 is 0.875 bits per heavy atom. The number of benzene rings is 1. The summed E-state index contributed by atoms with van der Waals surface area (Å²) in [5, 5.41) is 1.50. The van der Waals surface area contributed by atoms with E-state index in [-0.39, 0.29) is 0 Å². The molecule has 1 heterocycles. The summed E-state index contributed by atoms with van der Waals surface area (Å²) < 4.78 is 2.40. The molecule has 2 aromatic rings. The summed E-state index contributed by atoms with van der Waals surface area (Å²) in [6, 6.07) is 15.1. The van der Waals surface area contributed by atoms with Gasteiger partial charge in [-0.25, -0.2) is 0 Å². The lowest BCUT2D eigenvalue weighted by atomic mass is 10.3. The Morgan fingerprint density at radius 2 is 1.50 bits per heavy atom. The van der Waals surface area contributed by atoms with Gasteiger partial charge in [-0.15, -0.1) is 0 Å². The summed E-state index contributed by atoms with van der Waals surface area (Å²) in [5.74, 6) is 0. The van der Waals surface area contributed by atoms with Crippen LogP contribution >= 0.6 is 0 Å². The van der Waals surface area contributed by atoms with E-state index in [1.54, 1.807) is 0 Å². The third kappa shape index (κ3) is 1.98. The topological polar surface area (TPSA) is 4.93 Å². The Hall–Kier alpha value is -1.28. The van der Waals surface area contributed by atoms with Gasteiger partial charge in [-0.3, -0.25) is 0 Å². The predicted molar refractivity (Wildman–Crippen MR) is 73.5 cm³/mol. The first kappa shape index (κ1) is 11.2. The Kier molecular flexibility index (Phi) is 2.76. The minimum atomic E-state index is -1.28. The van der Waals surface area contributed by atoms with Crippen molar-refractivity contribution in [3.05, 3.63) is 48.2 Å². The highest BCUT2D eigenvalue weighted by Crippen LogP contribution is 2.14. The van der Waals surface area contributed by atoms with Gasteiger partial charge in [0.2, 0.25) is 0 Å². The first-order chi connectivity index (χ1) is 7.50. The van der Waals surface area contributed by atoms with Crippen LogP contribution in [0.1, 0.15) is 5.69 Å². The second-order valence-corrected chi connectivity index (χ2v) is 10.3. The Morgan fingerprint density at radius 3 is 2.06 bits per heavy atom. The highest BCUT2D eigenvalue weighted by molar-refractivity contribution is 6.88. The SMILES string of the molecule is Cc1ccc([Si](C)(C)C)n1-c1ccccc1. The van der Waals surface area contributed by atoms with Crippen molar-refractivity contribution in [2.45, 2.75) is 26.6 Å². The molecule has 0 amide bonds. The van der Waals surface area contributed by atoms with Gasteiger partial charge in [-0.05, 0) is 31.2 Å². The van der Waals surface area contributed by atoms with Crippen LogP contribution in [0.2, 0.25) is 19.6 Å². The molecule has 0 aliphatic heterocycles. The molecule has 16 heavy (non-hydrogen) atoms. The van der Waals surface area contributed by atoms with Crippen LogP contribution in [-0.2, 0) is 0 Å². The van der Waals surface area contributed by atoms with Crippen LogP contribution in [0.5, 0.6) is 0 Å². The lowest BCUT2D eigenvalue weighted by Gasteiger charge is -2.21. The number of aromatic nitrogens is 1. The van der Waals surface area contributed by atoms with Gasteiger partial charge in [-0.1, -0.05) is 37.8 Å². The van der Waals surface area contributed by atoms with Gasteiger partial charge in [0, 0.05) is 16.7 Å². The molecule has 1 nitrogen and oxygen atoms in total. The van der Waals surface area contributed by atoms with Crippen molar-refractivity contribution in [2.24, 2.45) is 0 Å². The van der Waals surface area contributed by atoms with Gasteiger partial charge in [0.1, 0.15) is 0 Å². The number of aryl methyl sites for hydroxylation is 1. The van der Waals surface area contributed by atoms with Gasteiger partial charge in [0.25, 0.3) is 0 Å². The van der Waals surface area contributed by atoms with Gasteiger partial charge < -0.3 is 4.57 Å². The van der Waals surface area contributed by atoms with E-state index in [0.717, 1.165) is 0 Å². The van der Waals surface area contributed by atoms with Crippen LogP contribution in [-0.4, -0.2) is 12.6 Å². The molecule has 0 N–H and O–H groups in total. The maximum Gasteiger partial charge on any atom is 0.0990 e. The van der Waals surface area contributed by atoms with Crippen LogP contribution in [0, 0.1) is 6.92 Å². The summed E-state index contributed by atoms with van der Waals surface area (Å²) in [7, 11) is -1.28. The predicted octanol–water partition coefficient (Wildman–Crippen LogP) is 3.33. The van der Waals surface area contributed by atoms with E-state index in [0.29, 0.717) is 0 Å². The molecule has 0 saturated heterocycles. The molecule has 1 aromatic heterocycles. The molecule has 2 heteroatoms. The molecule has 1 aromatic carbocycles. The van der Waals surface area contributed by atoms with E-state index in [9.17, 15) is 0 Å². The molecule has 0 fully saturated rings. The second-order valence-electron chi connectivity index (χ2n) is 5.28. The lowest BCUT2D eigenvalue weighted by molar-refractivity contribution is 1.04. The number of hydrogen-bond donors (Lipinski definition) is 0. The fourth-order valence-corrected chi connectivity index (χ4v) is 3.60. The smallest absolute Gasteiger partial charge is 0.0990 e. The van der Waals surface area contributed by atoms with Gasteiger partial charge in [0.15, 0.2) is 0 Å². The Labute approximate surface area is 98.7 Å². The first-order valence-corrected chi connectivity index (χ1v) is 9.24. The maximum atomic E-state index is 2.40. The fraction of sp³-hybridized carbons (Fsp3) is 0.286. The minimum absolute atomic E-state index is 1.28. The van der Waals surface area contributed by atoms with Crippen molar-refractivity contribution in [1.29, 1.82) is 0 Å². The quantitative estimate of drug-likeness (QED) is 0.696. The molecule has 2 rings (SSSR count). The minimum Gasteiger partial charge on any atom is -0.322 e. The largest absolute Gasteiger partial charge is 0.322 e. The summed E-state index contributed by atoms with van der Waals surface area (Å²) in [5.41, 5.74) is 2.60. The Bertz CT molecular complexity index is 477. The molecular weight excluding hydrogens is 210 g/mol. The molecule has 0 aliphatic carbocycles. The zero-order valence-electron chi connectivity index (χ0n) is 10.5. The van der Waals surface area contributed by atoms with E-state index in [1.165, 1.54) is 16.7 Å². The standard InChI is InChI=1S/C14H19NSi/c1-12-10-11-14(16(2,3)4)15(12)13-8-6-5-7-9-13/h5-11H,1-4H3. The van der Waals surface area contributed by atoms with Crippen molar-refractivity contribution in [2.75, 3.05) is 0 Å². The lowest BCUT2D eigenvalue weighted by Crippen LogP contribution is -2.42. The van der Waals surface area contributed by atoms with Crippen LogP contribution < -0.4 is 5.32 Å². The molecule has 84 valence electrons. The van der Waals surface area contributed by atoms with E-state index in [4.69, 9.17) is 0 Å². The summed E-state index contributed by atoms with van der Waals surface area (Å²) in [6.45, 7) is 9.35. The van der Waals surface area contributed by atoms with E-state index >= 15 is 0 Å². The molecule has 0 bridgehead atoms. The summed E-state index contributed by atoms with van der Waals surface area (Å²) >= 11 is 0. The van der Waals surface area contributed by atoms with Crippen LogP contribution in [0.15, 0.2) is 42.5 Å². The average Bonchev–Trinajstić information content (AvgIpc) is 2.61. The van der Waals surface area contributed by atoms with E-state index < -0.39 is 8.07 Å². The third-order valence-corrected chi connectivity index (χ3v) is 4.79. The number of nitrogens with zero attached hydrogens (tertiary/aromatic N) is 1. The highest BCUT2D eigenvalue weighted by Gasteiger charge is 2.22. The molecule has 0 aliphatic rings. The van der Waals surface area contributed by atoms with Crippen molar-refractivity contribution in [3.63, 3.8) is 0 Å². The van der Waals surface area contributed by atoms with E-state index in [2.05, 4.69) is 73.6 Å². The number of hydrogen-bond acceptors (Lipinski definition) is 0. The van der Waals surface area contributed by atoms with Gasteiger partial charge in [0.05, 0.1) is 8.07 Å². The molecule has 0 radical (unpaired) electrons. The fourth-order valence-electron chi connectivity index (χ4n) is 2.04. The third-order valence-electron chi connectivity index (χ3n) is 2.86. The monoisotopic (exact) mass is 229 g/mol. The van der Waals surface area contributed by atoms with E-state index in [1.807, 2.05) is 0 Å². The number of para-hydroxylation sites is 1. The maximum absolute atomic E-state index is 2.40. The molecule has 0 saturated carbocycles. The second kappa shape index (κ2) is 3.94. The van der Waals surface area contributed by atoms with Crippen LogP contribution in [0.4, 0.5) is 0 Å². The zero-order valence-corrected chi connectivity index (χ0v) is 11.5. The van der Waals surface area contributed by atoms with Crippen molar-refractivity contribution in [1.82, 2.24) is 4.57 Å². The summed E-state index contributed by atoms with van der Waals surface area (Å²) in [6.07, 6.45) is 0. The van der Waals surface area contributed by atoms with Crippen molar-refractivity contribution < 1.29 is 0 Å². The molecular formula is C14H19NSi. The highest BCUT2D eigenvalue weighted by atomic mass is 28.3. The number of rotatable bonds is 2. The van der Waals surface area contributed by atoms with Gasteiger partial charge >= 0.3 is 0 Å². The average molecular weight is 229 g/mol.